The van der Waals surface area contributed by atoms with E-state index in [-0.39, 0.29) is 5.91 Å². The molecule has 0 aliphatic heterocycles. The molecule has 106 valence electrons. The van der Waals surface area contributed by atoms with E-state index in [1.54, 1.807) is 11.3 Å². The molecule has 0 saturated carbocycles. The van der Waals surface area contributed by atoms with E-state index in [0.717, 1.165) is 15.7 Å². The molecule has 3 nitrogen and oxygen atoms in total. The molecule has 1 amide bonds. The van der Waals surface area contributed by atoms with Crippen LogP contribution in [0.4, 0.5) is 5.69 Å². The van der Waals surface area contributed by atoms with Crippen molar-refractivity contribution in [2.45, 2.75) is 31.0 Å². The summed E-state index contributed by atoms with van der Waals surface area (Å²) in [5, 5.41) is 4.89. The van der Waals surface area contributed by atoms with Crippen molar-refractivity contribution in [3.05, 3.63) is 40.9 Å². The number of aryl methyl sites for hydroxylation is 1. The smallest absolute Gasteiger partial charge is 0.234 e. The lowest BCUT2D eigenvalue weighted by molar-refractivity contribution is -0.113. The second-order valence-electron chi connectivity index (χ2n) is 4.87. The zero-order valence-electron chi connectivity index (χ0n) is 11.8. The summed E-state index contributed by atoms with van der Waals surface area (Å²) in [5.74, 6) is 0.891. The standard InChI is InChI=1S/C15H18N2OS2/c1-10(2)12-4-6-13(7-5-12)17-14(18)9-20-15-16-11(3)8-19-15/h4-8,10H,9H2,1-3H3,(H,17,18). The Morgan fingerprint density at radius 1 is 1.35 bits per heavy atom. The van der Waals surface area contributed by atoms with Gasteiger partial charge in [0.25, 0.3) is 0 Å². The van der Waals surface area contributed by atoms with Crippen LogP contribution in [-0.4, -0.2) is 16.6 Å². The van der Waals surface area contributed by atoms with Gasteiger partial charge in [-0.05, 0) is 30.5 Å². The lowest BCUT2D eigenvalue weighted by Crippen LogP contribution is -2.13. The van der Waals surface area contributed by atoms with Crippen molar-refractivity contribution in [1.29, 1.82) is 0 Å². The van der Waals surface area contributed by atoms with Crippen molar-refractivity contribution >= 4 is 34.7 Å². The average Bonchev–Trinajstić information content (AvgIpc) is 2.83. The Bertz CT molecular complexity index is 576. The zero-order chi connectivity index (χ0) is 14.5. The minimum absolute atomic E-state index is 0.000139. The molecule has 1 aromatic carbocycles. The fourth-order valence-electron chi connectivity index (χ4n) is 1.67. The SMILES string of the molecule is Cc1csc(SCC(=O)Nc2ccc(C(C)C)cc2)n1. The summed E-state index contributed by atoms with van der Waals surface area (Å²) in [4.78, 5) is 16.2. The predicted molar refractivity (Wildman–Crippen MR) is 86.7 cm³/mol. The number of anilines is 1. The molecule has 0 spiro atoms. The number of amides is 1. The number of aromatic nitrogens is 1. The molecule has 0 unspecified atom stereocenters. The van der Waals surface area contributed by atoms with Gasteiger partial charge in [0, 0.05) is 16.8 Å². The lowest BCUT2D eigenvalue weighted by Gasteiger charge is -2.08. The zero-order valence-corrected chi connectivity index (χ0v) is 13.5. The number of carbonyl (C=O) groups is 1. The normalized spacial score (nSPS) is 10.8. The molecule has 0 saturated heterocycles. The van der Waals surface area contributed by atoms with Crippen molar-refractivity contribution in [3.63, 3.8) is 0 Å². The number of thioether (sulfide) groups is 1. The number of nitrogens with one attached hydrogen (secondary N) is 1. The first-order valence-corrected chi connectivity index (χ1v) is 8.36. The summed E-state index contributed by atoms with van der Waals surface area (Å²) in [6.07, 6.45) is 0. The van der Waals surface area contributed by atoms with Gasteiger partial charge in [0.1, 0.15) is 0 Å². The molecular formula is C15H18N2OS2. The van der Waals surface area contributed by atoms with Crippen molar-refractivity contribution in [2.24, 2.45) is 0 Å². The van der Waals surface area contributed by atoms with E-state index in [4.69, 9.17) is 0 Å². The van der Waals surface area contributed by atoms with Gasteiger partial charge in [-0.3, -0.25) is 4.79 Å². The fourth-order valence-corrected chi connectivity index (χ4v) is 3.32. The predicted octanol–water partition coefficient (Wildman–Crippen LogP) is 4.31. The van der Waals surface area contributed by atoms with Gasteiger partial charge in [0.2, 0.25) is 5.91 Å². The first-order valence-electron chi connectivity index (χ1n) is 6.49. The number of thiazole rings is 1. The molecule has 0 atom stereocenters. The van der Waals surface area contributed by atoms with Crippen LogP contribution in [0.5, 0.6) is 0 Å². The van der Waals surface area contributed by atoms with Crippen molar-refractivity contribution in [3.8, 4) is 0 Å². The molecule has 20 heavy (non-hydrogen) atoms. The van der Waals surface area contributed by atoms with Gasteiger partial charge in [0.05, 0.1) is 5.75 Å². The maximum atomic E-state index is 11.9. The van der Waals surface area contributed by atoms with Crippen LogP contribution in [0.3, 0.4) is 0 Å². The summed E-state index contributed by atoms with van der Waals surface area (Å²) in [5.41, 5.74) is 3.12. The largest absolute Gasteiger partial charge is 0.325 e. The highest BCUT2D eigenvalue weighted by Crippen LogP contribution is 2.22. The van der Waals surface area contributed by atoms with E-state index in [2.05, 4.69) is 36.3 Å². The van der Waals surface area contributed by atoms with Crippen LogP contribution in [-0.2, 0) is 4.79 Å². The number of rotatable bonds is 5. The third-order valence-electron chi connectivity index (χ3n) is 2.79. The monoisotopic (exact) mass is 306 g/mol. The van der Waals surface area contributed by atoms with Gasteiger partial charge in [-0.15, -0.1) is 11.3 Å². The van der Waals surface area contributed by atoms with Gasteiger partial charge < -0.3 is 5.32 Å². The number of carbonyl (C=O) groups excluding carboxylic acids is 1. The summed E-state index contributed by atoms with van der Waals surface area (Å²) in [7, 11) is 0. The van der Waals surface area contributed by atoms with Gasteiger partial charge in [-0.25, -0.2) is 4.98 Å². The van der Waals surface area contributed by atoms with E-state index in [1.807, 2.05) is 24.4 Å². The van der Waals surface area contributed by atoms with Crippen LogP contribution >= 0.6 is 23.1 Å². The summed E-state index contributed by atoms with van der Waals surface area (Å²) >= 11 is 3.05. The molecular weight excluding hydrogens is 288 g/mol. The summed E-state index contributed by atoms with van der Waals surface area (Å²) < 4.78 is 0.938. The molecule has 0 fully saturated rings. The Labute approximate surface area is 127 Å². The Kier molecular flexibility index (Phi) is 5.20. The maximum absolute atomic E-state index is 11.9. The second kappa shape index (κ2) is 6.90. The second-order valence-corrected chi connectivity index (χ2v) is 6.95. The van der Waals surface area contributed by atoms with E-state index in [9.17, 15) is 4.79 Å². The van der Waals surface area contributed by atoms with Gasteiger partial charge >= 0.3 is 0 Å². The molecule has 2 rings (SSSR count). The third-order valence-corrected chi connectivity index (χ3v) is 4.92. The molecule has 1 N–H and O–H groups in total. The van der Waals surface area contributed by atoms with Gasteiger partial charge in [0.15, 0.2) is 4.34 Å². The molecule has 0 aliphatic rings. The van der Waals surface area contributed by atoms with E-state index in [1.165, 1.54) is 17.3 Å². The van der Waals surface area contributed by atoms with Crippen molar-refractivity contribution in [2.75, 3.05) is 11.1 Å². The average molecular weight is 306 g/mol. The van der Waals surface area contributed by atoms with Crippen LogP contribution in [0.15, 0.2) is 34.0 Å². The first kappa shape index (κ1) is 15.1. The highest BCUT2D eigenvalue weighted by atomic mass is 32.2. The summed E-state index contributed by atoms with van der Waals surface area (Å²) in [6, 6.07) is 8.01. The Balaban J connectivity index is 1.84. The van der Waals surface area contributed by atoms with Crippen LogP contribution in [0.2, 0.25) is 0 Å². The lowest BCUT2D eigenvalue weighted by atomic mass is 10.0. The summed E-state index contributed by atoms with van der Waals surface area (Å²) in [6.45, 7) is 6.26. The minimum Gasteiger partial charge on any atom is -0.325 e. The van der Waals surface area contributed by atoms with Gasteiger partial charge in [-0.2, -0.15) is 0 Å². The maximum Gasteiger partial charge on any atom is 0.234 e. The topological polar surface area (TPSA) is 42.0 Å². The molecule has 1 heterocycles. The van der Waals surface area contributed by atoms with Crippen molar-refractivity contribution in [1.82, 2.24) is 4.98 Å². The highest BCUT2D eigenvalue weighted by molar-refractivity contribution is 8.01. The fraction of sp³-hybridized carbons (Fsp3) is 0.333. The number of benzene rings is 1. The number of nitrogens with zero attached hydrogens (tertiary/aromatic N) is 1. The van der Waals surface area contributed by atoms with E-state index >= 15 is 0 Å². The molecule has 2 aromatic rings. The third kappa shape index (κ3) is 4.35. The number of hydrogen-bond donors (Lipinski definition) is 1. The minimum atomic E-state index is 0.000139. The van der Waals surface area contributed by atoms with Gasteiger partial charge in [-0.1, -0.05) is 37.7 Å². The van der Waals surface area contributed by atoms with Crippen LogP contribution < -0.4 is 5.32 Å². The highest BCUT2D eigenvalue weighted by Gasteiger charge is 2.06. The van der Waals surface area contributed by atoms with Crippen LogP contribution in [0, 0.1) is 6.92 Å². The number of hydrogen-bond acceptors (Lipinski definition) is 4. The van der Waals surface area contributed by atoms with E-state index < -0.39 is 0 Å². The molecule has 0 aliphatic carbocycles. The Hall–Kier alpha value is -1.33. The van der Waals surface area contributed by atoms with Crippen LogP contribution in [0.1, 0.15) is 31.0 Å². The molecule has 5 heteroatoms. The van der Waals surface area contributed by atoms with E-state index in [0.29, 0.717) is 11.7 Å². The Morgan fingerprint density at radius 3 is 2.60 bits per heavy atom. The molecule has 0 radical (unpaired) electrons. The quantitative estimate of drug-likeness (QED) is 0.837. The van der Waals surface area contributed by atoms with Crippen molar-refractivity contribution < 1.29 is 4.79 Å². The first-order chi connectivity index (χ1) is 9.54. The van der Waals surface area contributed by atoms with Crippen LogP contribution in [0.25, 0.3) is 0 Å². The molecule has 1 aromatic heterocycles. The Morgan fingerprint density at radius 2 is 2.05 bits per heavy atom. The molecule has 0 bridgehead atoms.